The molecule has 0 fully saturated rings. The molecule has 0 amide bonds. The monoisotopic (exact) mass is 395 g/mol. The molecule has 0 saturated heterocycles. The van der Waals surface area contributed by atoms with Crippen LogP contribution in [0.3, 0.4) is 0 Å². The molecule has 0 aliphatic carbocycles. The van der Waals surface area contributed by atoms with E-state index in [1.807, 2.05) is 24.3 Å². The van der Waals surface area contributed by atoms with Gasteiger partial charge in [0.15, 0.2) is 0 Å². The molecule has 7 nitrogen and oxygen atoms in total. The maximum atomic E-state index is 6.47. The maximum Gasteiger partial charge on any atom is 0.209 e. The molecule has 3 rings (SSSR count). The second-order valence-electron chi connectivity index (χ2n) is 5.69. The highest BCUT2D eigenvalue weighted by Gasteiger charge is 2.32. The van der Waals surface area contributed by atoms with E-state index >= 15 is 0 Å². The molecular formula is C17H19Cl2N5O2. The van der Waals surface area contributed by atoms with E-state index in [2.05, 4.69) is 15.8 Å². The minimum atomic E-state index is -1.23. The zero-order chi connectivity index (χ0) is 18.7. The molecule has 0 spiro atoms. The van der Waals surface area contributed by atoms with Crippen LogP contribution >= 0.6 is 23.2 Å². The van der Waals surface area contributed by atoms with Gasteiger partial charge in [-0.3, -0.25) is 11.2 Å². The molecule has 6 N–H and O–H groups in total. The van der Waals surface area contributed by atoms with Gasteiger partial charge in [0.1, 0.15) is 12.4 Å². The second-order valence-corrected chi connectivity index (χ2v) is 6.51. The standard InChI is InChI=1S/C17H19Cl2N5O2/c1-25-6-7-26-12-4-2-10(3-5-12)15-13(18)8-11(9-14(15)19)17(21)22-16(20)23-24-17/h2-5,8-9,24H,6-7,21H2,1H3,(H3,20,22,23). The Morgan fingerprint density at radius 3 is 2.31 bits per heavy atom. The van der Waals surface area contributed by atoms with E-state index in [0.717, 1.165) is 11.3 Å². The van der Waals surface area contributed by atoms with Gasteiger partial charge in [0.25, 0.3) is 0 Å². The third-order valence-electron chi connectivity index (χ3n) is 3.86. The number of guanidine groups is 1. The molecule has 0 bridgehead atoms. The molecular weight excluding hydrogens is 377 g/mol. The minimum Gasteiger partial charge on any atom is -0.491 e. The third kappa shape index (κ3) is 3.87. The quantitative estimate of drug-likeness (QED) is 0.558. The number of aliphatic imine (C=N–C) groups is 1. The number of halogens is 2. The first-order valence-electron chi connectivity index (χ1n) is 7.82. The van der Waals surface area contributed by atoms with E-state index in [-0.39, 0.29) is 5.96 Å². The van der Waals surface area contributed by atoms with Gasteiger partial charge >= 0.3 is 0 Å². The van der Waals surface area contributed by atoms with Gasteiger partial charge in [-0.05, 0) is 29.8 Å². The first-order valence-corrected chi connectivity index (χ1v) is 8.57. The number of rotatable bonds is 6. The van der Waals surface area contributed by atoms with Gasteiger partial charge < -0.3 is 15.2 Å². The largest absolute Gasteiger partial charge is 0.491 e. The first kappa shape index (κ1) is 18.8. The molecule has 0 aromatic heterocycles. The summed E-state index contributed by atoms with van der Waals surface area (Å²) in [6.07, 6.45) is 0. The summed E-state index contributed by atoms with van der Waals surface area (Å²) in [6, 6.07) is 10.9. The van der Waals surface area contributed by atoms with Crippen LogP contribution < -0.4 is 27.1 Å². The average molecular weight is 396 g/mol. The lowest BCUT2D eigenvalue weighted by atomic mass is 10.0. The summed E-state index contributed by atoms with van der Waals surface area (Å²) in [5, 5.41) is 0.903. The number of methoxy groups -OCH3 is 1. The number of benzene rings is 2. The summed E-state index contributed by atoms with van der Waals surface area (Å²) in [7, 11) is 1.63. The lowest BCUT2D eigenvalue weighted by molar-refractivity contribution is 0.146. The summed E-state index contributed by atoms with van der Waals surface area (Å²) >= 11 is 12.9. The maximum absolute atomic E-state index is 6.47. The van der Waals surface area contributed by atoms with Crippen LogP contribution in [-0.2, 0) is 10.5 Å². The third-order valence-corrected chi connectivity index (χ3v) is 4.46. The molecule has 26 heavy (non-hydrogen) atoms. The molecule has 1 heterocycles. The predicted molar refractivity (Wildman–Crippen MR) is 103 cm³/mol. The highest BCUT2D eigenvalue weighted by Crippen LogP contribution is 2.38. The zero-order valence-corrected chi connectivity index (χ0v) is 15.6. The van der Waals surface area contributed by atoms with Gasteiger partial charge in [0, 0.05) is 18.2 Å². The number of nitrogens with two attached hydrogens (primary N) is 2. The van der Waals surface area contributed by atoms with Crippen LogP contribution in [-0.4, -0.2) is 26.3 Å². The summed E-state index contributed by atoms with van der Waals surface area (Å²) in [5.74, 6) is -0.302. The van der Waals surface area contributed by atoms with Crippen molar-refractivity contribution >= 4 is 29.2 Å². The fraction of sp³-hybridized carbons (Fsp3) is 0.235. The molecule has 138 valence electrons. The number of nitrogens with zero attached hydrogens (tertiary/aromatic N) is 1. The fourth-order valence-electron chi connectivity index (χ4n) is 2.57. The van der Waals surface area contributed by atoms with E-state index in [0.29, 0.717) is 34.4 Å². The topological polar surface area (TPSA) is 107 Å². The van der Waals surface area contributed by atoms with Crippen LogP contribution in [0.5, 0.6) is 5.75 Å². The summed E-state index contributed by atoms with van der Waals surface area (Å²) in [6.45, 7) is 1.01. The molecule has 2 aromatic rings. The first-order chi connectivity index (χ1) is 12.4. The van der Waals surface area contributed by atoms with Crippen molar-refractivity contribution in [1.29, 1.82) is 0 Å². The van der Waals surface area contributed by atoms with Gasteiger partial charge in [0.2, 0.25) is 11.7 Å². The van der Waals surface area contributed by atoms with Crippen molar-refractivity contribution in [3.05, 3.63) is 52.0 Å². The SMILES string of the molecule is COCCOc1ccc(-c2c(Cl)cc(C3(N)N=C(N)NN3)cc2Cl)cc1. The van der Waals surface area contributed by atoms with Crippen molar-refractivity contribution in [2.24, 2.45) is 16.5 Å². The van der Waals surface area contributed by atoms with Crippen LogP contribution in [0.1, 0.15) is 5.56 Å². The van der Waals surface area contributed by atoms with E-state index in [4.69, 9.17) is 44.1 Å². The average Bonchev–Trinajstić information content (AvgIpc) is 2.96. The van der Waals surface area contributed by atoms with Crippen molar-refractivity contribution in [1.82, 2.24) is 10.9 Å². The van der Waals surface area contributed by atoms with Crippen molar-refractivity contribution in [3.63, 3.8) is 0 Å². The molecule has 2 aromatic carbocycles. The van der Waals surface area contributed by atoms with E-state index in [1.165, 1.54) is 0 Å². The Kier molecular flexibility index (Phi) is 5.55. The highest BCUT2D eigenvalue weighted by atomic mass is 35.5. The van der Waals surface area contributed by atoms with Crippen molar-refractivity contribution in [3.8, 4) is 16.9 Å². The van der Waals surface area contributed by atoms with Crippen LogP contribution in [0.15, 0.2) is 41.4 Å². The van der Waals surface area contributed by atoms with Crippen LogP contribution in [0, 0.1) is 0 Å². The van der Waals surface area contributed by atoms with Crippen LogP contribution in [0.4, 0.5) is 0 Å². The smallest absolute Gasteiger partial charge is 0.209 e. The van der Waals surface area contributed by atoms with Crippen LogP contribution in [0.2, 0.25) is 10.0 Å². The fourth-order valence-corrected chi connectivity index (χ4v) is 3.28. The van der Waals surface area contributed by atoms with Crippen molar-refractivity contribution in [2.45, 2.75) is 5.79 Å². The number of hydrogen-bond acceptors (Lipinski definition) is 7. The highest BCUT2D eigenvalue weighted by molar-refractivity contribution is 6.39. The van der Waals surface area contributed by atoms with E-state index in [1.54, 1.807) is 19.2 Å². The summed E-state index contributed by atoms with van der Waals surface area (Å²) in [5.41, 5.74) is 19.4. The Morgan fingerprint density at radius 2 is 1.77 bits per heavy atom. The molecule has 1 aliphatic rings. The van der Waals surface area contributed by atoms with Gasteiger partial charge in [-0.2, -0.15) is 5.43 Å². The van der Waals surface area contributed by atoms with Crippen LogP contribution in [0.25, 0.3) is 11.1 Å². The lowest BCUT2D eigenvalue weighted by Gasteiger charge is -2.22. The second kappa shape index (κ2) is 7.69. The Hall–Kier alpha value is -2.03. The van der Waals surface area contributed by atoms with Gasteiger partial charge in [-0.25, -0.2) is 4.99 Å². The predicted octanol–water partition coefficient (Wildman–Crippen LogP) is 2.18. The molecule has 1 atom stereocenters. The van der Waals surface area contributed by atoms with Crippen molar-refractivity contribution < 1.29 is 9.47 Å². The zero-order valence-electron chi connectivity index (χ0n) is 14.1. The van der Waals surface area contributed by atoms with Crippen molar-refractivity contribution in [2.75, 3.05) is 20.3 Å². The summed E-state index contributed by atoms with van der Waals surface area (Å²) < 4.78 is 10.5. The lowest BCUT2D eigenvalue weighted by Crippen LogP contribution is -2.50. The molecule has 0 saturated carbocycles. The van der Waals surface area contributed by atoms with Gasteiger partial charge in [-0.15, -0.1) is 0 Å². The number of ether oxygens (including phenoxy) is 2. The summed E-state index contributed by atoms with van der Waals surface area (Å²) in [4.78, 5) is 4.13. The Balaban J connectivity index is 1.87. The Morgan fingerprint density at radius 1 is 1.12 bits per heavy atom. The molecule has 9 heteroatoms. The molecule has 1 aliphatic heterocycles. The molecule has 1 unspecified atom stereocenters. The number of hydrogen-bond donors (Lipinski definition) is 4. The Bertz CT molecular complexity index is 805. The van der Waals surface area contributed by atoms with Gasteiger partial charge in [0.05, 0.1) is 16.7 Å². The van der Waals surface area contributed by atoms with Gasteiger partial charge in [-0.1, -0.05) is 35.3 Å². The van der Waals surface area contributed by atoms with E-state index in [9.17, 15) is 0 Å². The van der Waals surface area contributed by atoms with E-state index < -0.39 is 5.79 Å². The normalized spacial score (nSPS) is 19.2. The Labute approximate surface area is 161 Å². The number of nitrogens with one attached hydrogen (secondary N) is 2. The minimum absolute atomic E-state index is 0.188. The number of hydrazine groups is 1. The molecule has 0 radical (unpaired) electrons.